The number of benzene rings is 3. The first-order chi connectivity index (χ1) is 10.1. The summed E-state index contributed by atoms with van der Waals surface area (Å²) in [6, 6.07) is 18.6. The third-order valence-corrected chi connectivity index (χ3v) is 3.97. The molecule has 0 atom stereocenters. The van der Waals surface area contributed by atoms with Gasteiger partial charge in [0, 0.05) is 21.4 Å². The Bertz CT molecular complexity index is 813. The molecule has 21 heavy (non-hydrogen) atoms. The molecule has 0 spiro atoms. The molecule has 1 amide bonds. The van der Waals surface area contributed by atoms with Crippen LogP contribution in [0.25, 0.3) is 10.8 Å². The summed E-state index contributed by atoms with van der Waals surface area (Å²) in [7, 11) is 0. The number of hydrogen-bond donors (Lipinski definition) is 2. The number of hydrogen-bond acceptors (Lipinski definition) is 2. The van der Waals surface area contributed by atoms with Gasteiger partial charge in [0.05, 0.1) is 0 Å². The zero-order valence-corrected chi connectivity index (χ0v) is 12.7. The Morgan fingerprint density at radius 1 is 0.905 bits per heavy atom. The van der Waals surface area contributed by atoms with Gasteiger partial charge in [-0.2, -0.15) is 0 Å². The number of halogens is 1. The summed E-state index contributed by atoms with van der Waals surface area (Å²) in [4.78, 5) is 12.5. The molecule has 3 aromatic rings. The second-order valence-electron chi connectivity index (χ2n) is 4.72. The van der Waals surface area contributed by atoms with Crippen LogP contribution in [0.5, 0.6) is 0 Å². The molecule has 0 saturated heterocycles. The fourth-order valence-corrected chi connectivity index (χ4v) is 2.73. The Kier molecular flexibility index (Phi) is 3.62. The molecule has 0 aliphatic rings. The van der Waals surface area contributed by atoms with Gasteiger partial charge in [-0.3, -0.25) is 4.79 Å². The van der Waals surface area contributed by atoms with Gasteiger partial charge in [-0.05, 0) is 47.2 Å². The summed E-state index contributed by atoms with van der Waals surface area (Å²) >= 11 is 3.51. The van der Waals surface area contributed by atoms with Crippen molar-refractivity contribution in [3.8, 4) is 0 Å². The molecule has 0 saturated carbocycles. The number of nitrogens with two attached hydrogens (primary N) is 1. The maximum absolute atomic E-state index is 12.5. The third kappa shape index (κ3) is 2.76. The van der Waals surface area contributed by atoms with Gasteiger partial charge in [0.15, 0.2) is 0 Å². The summed E-state index contributed by atoms with van der Waals surface area (Å²) in [6.07, 6.45) is 0. The van der Waals surface area contributed by atoms with Crippen LogP contribution in [-0.2, 0) is 0 Å². The lowest BCUT2D eigenvalue weighted by Gasteiger charge is -2.09. The zero-order chi connectivity index (χ0) is 14.8. The minimum atomic E-state index is -0.136. The maximum Gasteiger partial charge on any atom is 0.256 e. The lowest BCUT2D eigenvalue weighted by Crippen LogP contribution is -2.12. The number of anilines is 2. The van der Waals surface area contributed by atoms with Crippen LogP contribution in [0.3, 0.4) is 0 Å². The molecule has 0 aromatic heterocycles. The van der Waals surface area contributed by atoms with E-state index in [0.29, 0.717) is 11.3 Å². The Hall–Kier alpha value is -2.33. The van der Waals surface area contributed by atoms with Crippen LogP contribution in [0.4, 0.5) is 11.4 Å². The molecule has 0 bridgehead atoms. The van der Waals surface area contributed by atoms with E-state index in [0.717, 1.165) is 20.9 Å². The van der Waals surface area contributed by atoms with Crippen molar-refractivity contribution in [1.29, 1.82) is 0 Å². The average Bonchev–Trinajstić information content (AvgIpc) is 2.49. The van der Waals surface area contributed by atoms with E-state index in [1.807, 2.05) is 36.4 Å². The van der Waals surface area contributed by atoms with Crippen LogP contribution >= 0.6 is 15.9 Å². The highest BCUT2D eigenvalue weighted by Gasteiger charge is 2.11. The molecular weight excluding hydrogens is 328 g/mol. The lowest BCUT2D eigenvalue weighted by atomic mass is 10.0. The fraction of sp³-hybridized carbons (Fsp3) is 0. The van der Waals surface area contributed by atoms with Gasteiger partial charge in [0.2, 0.25) is 0 Å². The van der Waals surface area contributed by atoms with Crippen LogP contribution in [0, 0.1) is 0 Å². The van der Waals surface area contributed by atoms with Crippen LogP contribution < -0.4 is 11.1 Å². The van der Waals surface area contributed by atoms with Crippen molar-refractivity contribution in [1.82, 2.24) is 0 Å². The van der Waals surface area contributed by atoms with Crippen molar-refractivity contribution in [2.24, 2.45) is 0 Å². The fourth-order valence-electron chi connectivity index (χ4n) is 2.23. The molecular formula is C17H13BrN2O. The number of amides is 1. The molecule has 0 aliphatic heterocycles. The van der Waals surface area contributed by atoms with Gasteiger partial charge >= 0.3 is 0 Å². The van der Waals surface area contributed by atoms with Gasteiger partial charge in [0.1, 0.15) is 0 Å². The number of carbonyl (C=O) groups is 1. The summed E-state index contributed by atoms with van der Waals surface area (Å²) in [5.74, 6) is -0.136. The molecule has 104 valence electrons. The van der Waals surface area contributed by atoms with Crippen molar-refractivity contribution >= 4 is 44.0 Å². The first-order valence-corrected chi connectivity index (χ1v) is 7.28. The minimum Gasteiger partial charge on any atom is -0.399 e. The van der Waals surface area contributed by atoms with E-state index >= 15 is 0 Å². The summed E-state index contributed by atoms with van der Waals surface area (Å²) in [5.41, 5.74) is 7.68. The van der Waals surface area contributed by atoms with Gasteiger partial charge in [-0.1, -0.05) is 40.2 Å². The summed E-state index contributed by atoms with van der Waals surface area (Å²) in [5, 5.41) is 4.82. The van der Waals surface area contributed by atoms with Gasteiger partial charge in [0.25, 0.3) is 5.91 Å². The summed E-state index contributed by atoms with van der Waals surface area (Å²) in [6.45, 7) is 0. The molecule has 3 aromatic carbocycles. The highest BCUT2D eigenvalue weighted by atomic mass is 79.9. The number of nitrogen functional groups attached to an aromatic ring is 1. The Morgan fingerprint density at radius 2 is 1.57 bits per heavy atom. The standard InChI is InChI=1S/C17H13BrN2O/c18-16-6-2-3-13-14(16)4-1-5-15(13)17(21)20-12-9-7-11(19)8-10-12/h1-10H,19H2,(H,20,21). The first kappa shape index (κ1) is 13.6. The van der Waals surface area contributed by atoms with Crippen molar-refractivity contribution in [2.75, 3.05) is 11.1 Å². The predicted molar refractivity (Wildman–Crippen MR) is 90.5 cm³/mol. The molecule has 3 N–H and O–H groups in total. The number of fused-ring (bicyclic) bond motifs is 1. The lowest BCUT2D eigenvalue weighted by molar-refractivity contribution is 0.102. The zero-order valence-electron chi connectivity index (χ0n) is 11.1. The van der Waals surface area contributed by atoms with E-state index in [2.05, 4.69) is 21.2 Å². The average molecular weight is 341 g/mol. The third-order valence-electron chi connectivity index (χ3n) is 3.28. The maximum atomic E-state index is 12.5. The van der Waals surface area contributed by atoms with E-state index in [-0.39, 0.29) is 5.91 Å². The Labute approximate surface area is 130 Å². The quantitative estimate of drug-likeness (QED) is 0.677. The normalized spacial score (nSPS) is 10.5. The van der Waals surface area contributed by atoms with E-state index in [9.17, 15) is 4.79 Å². The van der Waals surface area contributed by atoms with Crippen LogP contribution in [0.2, 0.25) is 0 Å². The molecule has 0 aliphatic carbocycles. The molecule has 0 unspecified atom stereocenters. The highest BCUT2D eigenvalue weighted by Crippen LogP contribution is 2.26. The van der Waals surface area contributed by atoms with E-state index in [4.69, 9.17) is 5.73 Å². The number of rotatable bonds is 2. The second kappa shape index (κ2) is 5.58. The molecule has 4 heteroatoms. The van der Waals surface area contributed by atoms with Crippen LogP contribution in [-0.4, -0.2) is 5.91 Å². The van der Waals surface area contributed by atoms with Gasteiger partial charge in [-0.25, -0.2) is 0 Å². The van der Waals surface area contributed by atoms with Crippen molar-refractivity contribution in [2.45, 2.75) is 0 Å². The first-order valence-electron chi connectivity index (χ1n) is 6.49. The smallest absolute Gasteiger partial charge is 0.256 e. The second-order valence-corrected chi connectivity index (χ2v) is 5.57. The highest BCUT2D eigenvalue weighted by molar-refractivity contribution is 9.10. The van der Waals surface area contributed by atoms with E-state index in [1.165, 1.54) is 0 Å². The van der Waals surface area contributed by atoms with Crippen LogP contribution in [0.1, 0.15) is 10.4 Å². The Balaban J connectivity index is 1.98. The molecule has 3 rings (SSSR count). The topological polar surface area (TPSA) is 55.1 Å². The number of carbonyl (C=O) groups excluding carboxylic acids is 1. The monoisotopic (exact) mass is 340 g/mol. The SMILES string of the molecule is Nc1ccc(NC(=O)c2cccc3c(Br)cccc23)cc1. The molecule has 3 nitrogen and oxygen atoms in total. The van der Waals surface area contributed by atoms with Crippen LogP contribution in [0.15, 0.2) is 65.1 Å². The van der Waals surface area contributed by atoms with Crippen molar-refractivity contribution in [3.63, 3.8) is 0 Å². The van der Waals surface area contributed by atoms with Crippen molar-refractivity contribution in [3.05, 3.63) is 70.7 Å². The van der Waals surface area contributed by atoms with E-state index < -0.39 is 0 Å². The molecule has 0 radical (unpaired) electrons. The van der Waals surface area contributed by atoms with Gasteiger partial charge in [-0.15, -0.1) is 0 Å². The van der Waals surface area contributed by atoms with Crippen molar-refractivity contribution < 1.29 is 4.79 Å². The largest absolute Gasteiger partial charge is 0.399 e. The molecule has 0 heterocycles. The summed E-state index contributed by atoms with van der Waals surface area (Å²) < 4.78 is 0.974. The van der Waals surface area contributed by atoms with Gasteiger partial charge < -0.3 is 11.1 Å². The predicted octanol–water partition coefficient (Wildman–Crippen LogP) is 4.44. The minimum absolute atomic E-state index is 0.136. The Morgan fingerprint density at radius 3 is 2.33 bits per heavy atom. The molecule has 0 fully saturated rings. The number of nitrogens with one attached hydrogen (secondary N) is 1. The van der Waals surface area contributed by atoms with E-state index in [1.54, 1.807) is 24.3 Å².